The van der Waals surface area contributed by atoms with E-state index in [9.17, 15) is 0 Å². The fourth-order valence-corrected chi connectivity index (χ4v) is 1.65. The molecule has 2 aromatic rings. The Balaban J connectivity index is 2.05. The van der Waals surface area contributed by atoms with Gasteiger partial charge in [-0.2, -0.15) is 0 Å². The van der Waals surface area contributed by atoms with Crippen LogP contribution in [-0.4, -0.2) is 4.98 Å². The van der Waals surface area contributed by atoms with Gasteiger partial charge in [0, 0.05) is 11.4 Å². The first kappa shape index (κ1) is 10.7. The molecule has 0 radical (unpaired) electrons. The zero-order valence-corrected chi connectivity index (χ0v) is 9.70. The van der Waals surface area contributed by atoms with Gasteiger partial charge < -0.3 is 5.32 Å². The van der Waals surface area contributed by atoms with Crippen molar-refractivity contribution >= 4 is 5.69 Å². The third-order valence-electron chi connectivity index (χ3n) is 2.55. The van der Waals surface area contributed by atoms with E-state index in [0.29, 0.717) is 0 Å². The highest BCUT2D eigenvalue weighted by Crippen LogP contribution is 2.14. The molecule has 16 heavy (non-hydrogen) atoms. The summed E-state index contributed by atoms with van der Waals surface area (Å²) >= 11 is 0. The van der Waals surface area contributed by atoms with E-state index < -0.39 is 0 Å². The fraction of sp³-hybridized carbons (Fsp3) is 0.214. The Bertz CT molecular complexity index is 478. The van der Waals surface area contributed by atoms with E-state index in [1.54, 1.807) is 0 Å². The molecule has 0 aliphatic carbocycles. The van der Waals surface area contributed by atoms with Gasteiger partial charge in [0.15, 0.2) is 0 Å². The Hall–Kier alpha value is -1.83. The van der Waals surface area contributed by atoms with E-state index in [-0.39, 0.29) is 0 Å². The minimum atomic E-state index is 0.770. The minimum absolute atomic E-state index is 0.770. The van der Waals surface area contributed by atoms with Crippen LogP contribution in [0.2, 0.25) is 0 Å². The van der Waals surface area contributed by atoms with Crippen LogP contribution in [0.25, 0.3) is 0 Å². The molecule has 1 aromatic heterocycles. The van der Waals surface area contributed by atoms with Gasteiger partial charge in [0.1, 0.15) is 0 Å². The number of para-hydroxylation sites is 1. The smallest absolute Gasteiger partial charge is 0.0597 e. The highest BCUT2D eigenvalue weighted by atomic mass is 14.9. The largest absolute Gasteiger partial charge is 0.379 e. The standard InChI is InChI=1S/C14H16N2/c1-11-6-3-4-9-14(11)15-10-13-8-5-7-12(2)16-13/h3-9,15H,10H2,1-2H3. The average Bonchev–Trinajstić information content (AvgIpc) is 2.28. The molecular weight excluding hydrogens is 196 g/mol. The topological polar surface area (TPSA) is 24.9 Å². The van der Waals surface area contributed by atoms with E-state index in [4.69, 9.17) is 0 Å². The van der Waals surface area contributed by atoms with Gasteiger partial charge in [0.25, 0.3) is 0 Å². The van der Waals surface area contributed by atoms with Crippen LogP contribution in [-0.2, 0) is 6.54 Å². The van der Waals surface area contributed by atoms with Crippen LogP contribution >= 0.6 is 0 Å². The number of hydrogen-bond acceptors (Lipinski definition) is 2. The summed E-state index contributed by atoms with van der Waals surface area (Å²) in [6.45, 7) is 4.88. The lowest BCUT2D eigenvalue weighted by atomic mass is 10.2. The normalized spacial score (nSPS) is 10.1. The van der Waals surface area contributed by atoms with E-state index in [1.165, 1.54) is 11.3 Å². The molecule has 0 amide bonds. The van der Waals surface area contributed by atoms with Gasteiger partial charge in [-0.1, -0.05) is 24.3 Å². The van der Waals surface area contributed by atoms with Crippen LogP contribution in [0.15, 0.2) is 42.5 Å². The summed E-state index contributed by atoms with van der Waals surface area (Å²) in [6.07, 6.45) is 0. The number of benzene rings is 1. The summed E-state index contributed by atoms with van der Waals surface area (Å²) in [4.78, 5) is 4.46. The monoisotopic (exact) mass is 212 g/mol. The molecule has 1 heterocycles. The summed E-state index contributed by atoms with van der Waals surface area (Å²) in [5, 5.41) is 3.39. The summed E-state index contributed by atoms with van der Waals surface area (Å²) in [5.41, 5.74) is 4.56. The molecule has 0 saturated heterocycles. The first-order valence-electron chi connectivity index (χ1n) is 5.48. The quantitative estimate of drug-likeness (QED) is 0.844. The number of anilines is 1. The molecule has 2 nitrogen and oxygen atoms in total. The molecule has 2 rings (SSSR count). The molecule has 0 bridgehead atoms. The van der Waals surface area contributed by atoms with Crippen molar-refractivity contribution < 1.29 is 0 Å². The maximum atomic E-state index is 4.46. The van der Waals surface area contributed by atoms with Gasteiger partial charge in [-0.3, -0.25) is 4.98 Å². The molecule has 2 heteroatoms. The van der Waals surface area contributed by atoms with Gasteiger partial charge in [0.05, 0.1) is 12.2 Å². The highest BCUT2D eigenvalue weighted by Gasteiger charge is 1.97. The number of rotatable bonds is 3. The number of nitrogens with zero attached hydrogens (tertiary/aromatic N) is 1. The summed E-state index contributed by atoms with van der Waals surface area (Å²) in [7, 11) is 0. The zero-order valence-electron chi connectivity index (χ0n) is 9.70. The fourth-order valence-electron chi connectivity index (χ4n) is 1.65. The second kappa shape index (κ2) is 4.79. The molecule has 0 aliphatic heterocycles. The highest BCUT2D eigenvalue weighted by molar-refractivity contribution is 5.50. The van der Waals surface area contributed by atoms with Gasteiger partial charge in [-0.15, -0.1) is 0 Å². The van der Waals surface area contributed by atoms with Crippen molar-refractivity contribution in [3.63, 3.8) is 0 Å². The lowest BCUT2D eigenvalue weighted by Crippen LogP contribution is -2.03. The van der Waals surface area contributed by atoms with Crippen molar-refractivity contribution in [3.8, 4) is 0 Å². The van der Waals surface area contributed by atoms with Gasteiger partial charge >= 0.3 is 0 Å². The predicted octanol–water partition coefficient (Wildman–Crippen LogP) is 3.31. The second-order valence-electron chi connectivity index (χ2n) is 3.94. The summed E-state index contributed by atoms with van der Waals surface area (Å²) < 4.78 is 0. The molecule has 0 unspecified atom stereocenters. The summed E-state index contributed by atoms with van der Waals surface area (Å²) in [5.74, 6) is 0. The lowest BCUT2D eigenvalue weighted by molar-refractivity contribution is 1.01. The van der Waals surface area contributed by atoms with Crippen LogP contribution in [0.3, 0.4) is 0 Å². The van der Waals surface area contributed by atoms with Crippen molar-refractivity contribution in [2.75, 3.05) is 5.32 Å². The van der Waals surface area contributed by atoms with Gasteiger partial charge in [0.2, 0.25) is 0 Å². The number of hydrogen-bond donors (Lipinski definition) is 1. The molecular formula is C14H16N2. The number of aryl methyl sites for hydroxylation is 2. The molecule has 0 spiro atoms. The van der Waals surface area contributed by atoms with Crippen LogP contribution in [0, 0.1) is 13.8 Å². The van der Waals surface area contributed by atoms with Crippen LogP contribution in [0.5, 0.6) is 0 Å². The van der Waals surface area contributed by atoms with E-state index in [0.717, 1.165) is 17.9 Å². The molecule has 1 aromatic carbocycles. The van der Waals surface area contributed by atoms with Crippen LogP contribution < -0.4 is 5.32 Å². The lowest BCUT2D eigenvalue weighted by Gasteiger charge is -2.08. The summed E-state index contributed by atoms with van der Waals surface area (Å²) in [6, 6.07) is 14.4. The van der Waals surface area contributed by atoms with Gasteiger partial charge in [-0.05, 0) is 37.6 Å². The maximum Gasteiger partial charge on any atom is 0.0597 e. The number of nitrogens with one attached hydrogen (secondary N) is 1. The van der Waals surface area contributed by atoms with E-state index in [2.05, 4.69) is 29.4 Å². The molecule has 1 N–H and O–H groups in total. The Morgan fingerprint density at radius 3 is 2.56 bits per heavy atom. The van der Waals surface area contributed by atoms with Crippen LogP contribution in [0.1, 0.15) is 17.0 Å². The average molecular weight is 212 g/mol. The first-order chi connectivity index (χ1) is 7.75. The van der Waals surface area contributed by atoms with E-state index >= 15 is 0 Å². The van der Waals surface area contributed by atoms with E-state index in [1.807, 2.05) is 37.3 Å². The van der Waals surface area contributed by atoms with Gasteiger partial charge in [-0.25, -0.2) is 0 Å². The SMILES string of the molecule is Cc1cccc(CNc2ccccc2C)n1. The van der Waals surface area contributed by atoms with Crippen molar-refractivity contribution in [1.82, 2.24) is 4.98 Å². The molecule has 0 atom stereocenters. The predicted molar refractivity (Wildman–Crippen MR) is 67.5 cm³/mol. The third kappa shape index (κ3) is 2.60. The Morgan fingerprint density at radius 2 is 1.81 bits per heavy atom. The van der Waals surface area contributed by atoms with Crippen molar-refractivity contribution in [2.24, 2.45) is 0 Å². The maximum absolute atomic E-state index is 4.46. The Labute approximate surface area is 96.4 Å². The zero-order chi connectivity index (χ0) is 11.4. The minimum Gasteiger partial charge on any atom is -0.379 e. The molecule has 0 saturated carbocycles. The number of aromatic nitrogens is 1. The van der Waals surface area contributed by atoms with Crippen molar-refractivity contribution in [2.45, 2.75) is 20.4 Å². The molecule has 82 valence electrons. The third-order valence-corrected chi connectivity index (χ3v) is 2.55. The van der Waals surface area contributed by atoms with Crippen molar-refractivity contribution in [3.05, 3.63) is 59.4 Å². The molecule has 0 fully saturated rings. The Morgan fingerprint density at radius 1 is 1.00 bits per heavy atom. The van der Waals surface area contributed by atoms with Crippen molar-refractivity contribution in [1.29, 1.82) is 0 Å². The second-order valence-corrected chi connectivity index (χ2v) is 3.94. The molecule has 0 aliphatic rings. The first-order valence-corrected chi connectivity index (χ1v) is 5.48. The number of pyridine rings is 1. The van der Waals surface area contributed by atoms with Crippen LogP contribution in [0.4, 0.5) is 5.69 Å². The Kier molecular flexibility index (Phi) is 3.20.